The minimum atomic E-state index is -3.78. The fourth-order valence-electron chi connectivity index (χ4n) is 2.86. The van der Waals surface area contributed by atoms with Crippen LogP contribution < -0.4 is 10.0 Å². The third-order valence-corrected chi connectivity index (χ3v) is 6.02. The number of benzene rings is 1. The molecule has 0 amide bonds. The Kier molecular flexibility index (Phi) is 5.07. The number of rotatable bonds is 5. The Morgan fingerprint density at radius 1 is 1.26 bits per heavy atom. The van der Waals surface area contributed by atoms with E-state index in [1.807, 2.05) is 0 Å². The number of nitrogens with zero attached hydrogens (tertiary/aromatic N) is 1. The van der Waals surface area contributed by atoms with Crippen LogP contribution in [-0.4, -0.2) is 33.0 Å². The van der Waals surface area contributed by atoms with Gasteiger partial charge >= 0.3 is 0 Å². The smallest absolute Gasteiger partial charge is 0.273 e. The van der Waals surface area contributed by atoms with Crippen molar-refractivity contribution in [2.24, 2.45) is 5.41 Å². The van der Waals surface area contributed by atoms with Crippen LogP contribution in [0, 0.1) is 29.4 Å². The van der Waals surface area contributed by atoms with Crippen LogP contribution in [0.3, 0.4) is 0 Å². The minimum Gasteiger partial charge on any atom is -0.317 e. The first kappa shape index (κ1) is 17.8. The zero-order valence-corrected chi connectivity index (χ0v) is 14.5. The molecule has 0 spiro atoms. The summed E-state index contributed by atoms with van der Waals surface area (Å²) in [5.41, 5.74) is 0.694. The SMILES string of the molecule is Cc1cc(C)c(S(=O)(=O)NCC2(C)CCNCC2)cc1[N+](=O)[O-]. The monoisotopic (exact) mass is 341 g/mol. The van der Waals surface area contributed by atoms with Crippen molar-refractivity contribution in [2.75, 3.05) is 19.6 Å². The Labute approximate surface area is 136 Å². The molecule has 0 saturated carbocycles. The van der Waals surface area contributed by atoms with Gasteiger partial charge < -0.3 is 5.32 Å². The minimum absolute atomic E-state index is 0.0210. The van der Waals surface area contributed by atoms with Gasteiger partial charge in [-0.25, -0.2) is 13.1 Å². The fourth-order valence-corrected chi connectivity index (χ4v) is 4.31. The van der Waals surface area contributed by atoms with E-state index in [-0.39, 0.29) is 16.0 Å². The first-order valence-electron chi connectivity index (χ1n) is 7.61. The normalized spacial score (nSPS) is 17.9. The Morgan fingerprint density at radius 2 is 1.87 bits per heavy atom. The summed E-state index contributed by atoms with van der Waals surface area (Å²) in [5, 5.41) is 14.3. The molecular formula is C15H23N3O4S. The molecule has 0 bridgehead atoms. The summed E-state index contributed by atoms with van der Waals surface area (Å²) in [6.07, 6.45) is 1.78. The van der Waals surface area contributed by atoms with E-state index in [1.165, 1.54) is 0 Å². The molecule has 7 nitrogen and oxygen atoms in total. The van der Waals surface area contributed by atoms with Gasteiger partial charge in [-0.2, -0.15) is 0 Å². The molecule has 1 aliphatic rings. The zero-order chi connectivity index (χ0) is 17.3. The van der Waals surface area contributed by atoms with Gasteiger partial charge in [0.15, 0.2) is 0 Å². The van der Waals surface area contributed by atoms with Crippen LogP contribution in [0.2, 0.25) is 0 Å². The summed E-state index contributed by atoms with van der Waals surface area (Å²) >= 11 is 0. The maximum absolute atomic E-state index is 12.6. The van der Waals surface area contributed by atoms with Gasteiger partial charge in [-0.15, -0.1) is 0 Å². The lowest BCUT2D eigenvalue weighted by atomic mass is 9.81. The second-order valence-corrected chi connectivity index (χ2v) is 8.28. The summed E-state index contributed by atoms with van der Waals surface area (Å²) in [6.45, 7) is 7.38. The first-order valence-corrected chi connectivity index (χ1v) is 9.09. The highest BCUT2D eigenvalue weighted by Gasteiger charge is 2.30. The molecule has 0 aromatic heterocycles. The number of aryl methyl sites for hydroxylation is 2. The van der Waals surface area contributed by atoms with Crippen LogP contribution in [0.5, 0.6) is 0 Å². The van der Waals surface area contributed by atoms with E-state index in [0.29, 0.717) is 17.7 Å². The van der Waals surface area contributed by atoms with Gasteiger partial charge in [0.2, 0.25) is 10.0 Å². The van der Waals surface area contributed by atoms with E-state index >= 15 is 0 Å². The van der Waals surface area contributed by atoms with Gasteiger partial charge in [0.25, 0.3) is 5.69 Å². The number of piperidine rings is 1. The lowest BCUT2D eigenvalue weighted by Crippen LogP contribution is -2.42. The first-order chi connectivity index (χ1) is 10.6. The highest BCUT2D eigenvalue weighted by molar-refractivity contribution is 7.89. The molecule has 0 atom stereocenters. The second kappa shape index (κ2) is 6.54. The summed E-state index contributed by atoms with van der Waals surface area (Å²) in [5.74, 6) is 0. The van der Waals surface area contributed by atoms with E-state index in [2.05, 4.69) is 17.0 Å². The highest BCUT2D eigenvalue weighted by Crippen LogP contribution is 2.29. The summed E-state index contributed by atoms with van der Waals surface area (Å²) in [6, 6.07) is 2.69. The third kappa shape index (κ3) is 4.07. The topological polar surface area (TPSA) is 101 Å². The van der Waals surface area contributed by atoms with Crippen LogP contribution in [0.1, 0.15) is 30.9 Å². The predicted molar refractivity (Wildman–Crippen MR) is 88.0 cm³/mol. The summed E-state index contributed by atoms with van der Waals surface area (Å²) in [4.78, 5) is 10.5. The van der Waals surface area contributed by atoms with Crippen LogP contribution in [-0.2, 0) is 10.0 Å². The standard InChI is InChI=1S/C15H23N3O4S/c1-11-8-12(2)14(9-13(11)18(19)20)23(21,22)17-10-15(3)4-6-16-7-5-15/h8-9,16-17H,4-7,10H2,1-3H3. The number of hydrogen-bond acceptors (Lipinski definition) is 5. The molecule has 0 unspecified atom stereocenters. The Morgan fingerprint density at radius 3 is 2.43 bits per heavy atom. The van der Waals surface area contributed by atoms with E-state index < -0.39 is 14.9 Å². The van der Waals surface area contributed by atoms with Crippen LogP contribution >= 0.6 is 0 Å². The molecule has 1 aromatic carbocycles. The fraction of sp³-hybridized carbons (Fsp3) is 0.600. The average Bonchev–Trinajstić information content (AvgIpc) is 2.45. The Hall–Kier alpha value is -1.51. The largest absolute Gasteiger partial charge is 0.317 e. The van der Waals surface area contributed by atoms with Crippen molar-refractivity contribution >= 4 is 15.7 Å². The molecule has 2 rings (SSSR count). The zero-order valence-electron chi connectivity index (χ0n) is 13.7. The molecule has 1 heterocycles. The van der Waals surface area contributed by atoms with E-state index in [1.54, 1.807) is 19.9 Å². The second-order valence-electron chi connectivity index (χ2n) is 6.55. The van der Waals surface area contributed by atoms with Crippen LogP contribution in [0.25, 0.3) is 0 Å². The van der Waals surface area contributed by atoms with Crippen molar-refractivity contribution in [1.82, 2.24) is 10.0 Å². The number of nitro benzene ring substituents is 1. The van der Waals surface area contributed by atoms with Crippen LogP contribution in [0.4, 0.5) is 5.69 Å². The van der Waals surface area contributed by atoms with Crippen molar-refractivity contribution in [3.8, 4) is 0 Å². The number of hydrogen-bond donors (Lipinski definition) is 2. The van der Waals surface area contributed by atoms with Gasteiger partial charge in [0, 0.05) is 18.2 Å². The van der Waals surface area contributed by atoms with Crippen molar-refractivity contribution in [2.45, 2.75) is 38.5 Å². The lowest BCUT2D eigenvalue weighted by molar-refractivity contribution is -0.385. The quantitative estimate of drug-likeness (QED) is 0.629. The van der Waals surface area contributed by atoms with Gasteiger partial charge in [-0.3, -0.25) is 10.1 Å². The Balaban J connectivity index is 2.25. The molecule has 1 aliphatic heterocycles. The highest BCUT2D eigenvalue weighted by atomic mass is 32.2. The molecular weight excluding hydrogens is 318 g/mol. The molecule has 23 heavy (non-hydrogen) atoms. The molecule has 8 heteroatoms. The maximum atomic E-state index is 12.6. The lowest BCUT2D eigenvalue weighted by Gasteiger charge is -2.34. The van der Waals surface area contributed by atoms with Gasteiger partial charge in [-0.1, -0.05) is 6.92 Å². The van der Waals surface area contributed by atoms with E-state index in [0.717, 1.165) is 32.0 Å². The van der Waals surface area contributed by atoms with Crippen LogP contribution in [0.15, 0.2) is 17.0 Å². The van der Waals surface area contributed by atoms with Gasteiger partial charge in [0.1, 0.15) is 0 Å². The number of nitrogens with one attached hydrogen (secondary N) is 2. The Bertz CT molecular complexity index is 710. The number of nitro groups is 1. The average molecular weight is 341 g/mol. The van der Waals surface area contributed by atoms with Crippen molar-refractivity contribution < 1.29 is 13.3 Å². The molecule has 0 aliphatic carbocycles. The predicted octanol–water partition coefficient (Wildman–Crippen LogP) is 1.88. The van der Waals surface area contributed by atoms with Crippen molar-refractivity contribution in [1.29, 1.82) is 0 Å². The third-order valence-electron chi connectivity index (χ3n) is 4.48. The summed E-state index contributed by atoms with van der Waals surface area (Å²) in [7, 11) is -3.78. The number of sulfonamides is 1. The molecule has 128 valence electrons. The van der Waals surface area contributed by atoms with Gasteiger partial charge in [-0.05, 0) is 56.8 Å². The molecule has 0 radical (unpaired) electrons. The van der Waals surface area contributed by atoms with E-state index in [9.17, 15) is 18.5 Å². The molecule has 1 aromatic rings. The molecule has 2 N–H and O–H groups in total. The molecule has 1 saturated heterocycles. The molecule has 1 fully saturated rings. The maximum Gasteiger partial charge on any atom is 0.273 e. The van der Waals surface area contributed by atoms with Crippen molar-refractivity contribution in [3.05, 3.63) is 33.4 Å². The van der Waals surface area contributed by atoms with Gasteiger partial charge in [0.05, 0.1) is 9.82 Å². The summed E-state index contributed by atoms with van der Waals surface area (Å²) < 4.78 is 27.8. The van der Waals surface area contributed by atoms with Crippen molar-refractivity contribution in [3.63, 3.8) is 0 Å². The van der Waals surface area contributed by atoms with E-state index in [4.69, 9.17) is 0 Å².